The Morgan fingerprint density at radius 2 is 2.00 bits per heavy atom. The highest BCUT2D eigenvalue weighted by Crippen LogP contribution is 2.23. The van der Waals surface area contributed by atoms with E-state index in [0.29, 0.717) is 5.56 Å². The molecule has 1 aromatic carbocycles. The van der Waals surface area contributed by atoms with Crippen LogP contribution in [-0.4, -0.2) is 18.1 Å². The smallest absolute Gasteiger partial charge is 0.242 e. The van der Waals surface area contributed by atoms with Gasteiger partial charge in [0.05, 0.1) is 6.61 Å². The van der Waals surface area contributed by atoms with Crippen LogP contribution in [0.4, 0.5) is 8.78 Å². The zero-order chi connectivity index (χ0) is 11.5. The van der Waals surface area contributed by atoms with Crippen molar-refractivity contribution < 1.29 is 13.9 Å². The number of benzene rings is 1. The predicted molar refractivity (Wildman–Crippen MR) is 56.3 cm³/mol. The van der Waals surface area contributed by atoms with Crippen molar-refractivity contribution >= 4 is 0 Å². The number of hydrogen-bond acceptors (Lipinski definition) is 1. The van der Waals surface area contributed by atoms with E-state index in [1.807, 2.05) is 19.9 Å². The average Bonchev–Trinajstić information content (AvgIpc) is 2.17. The normalized spacial score (nSPS) is 12.1. The molecule has 0 bridgehead atoms. The predicted octanol–water partition coefficient (Wildman–Crippen LogP) is 2.76. The Bertz CT molecular complexity index is 321. The van der Waals surface area contributed by atoms with Gasteiger partial charge in [-0.1, -0.05) is 38.1 Å². The fourth-order valence-corrected chi connectivity index (χ4v) is 1.39. The van der Waals surface area contributed by atoms with Crippen molar-refractivity contribution in [3.05, 3.63) is 35.4 Å². The highest BCUT2D eigenvalue weighted by molar-refractivity contribution is 5.29. The van der Waals surface area contributed by atoms with Crippen LogP contribution in [0.1, 0.15) is 25.0 Å². The minimum Gasteiger partial charge on any atom is -0.395 e. The monoisotopic (exact) mass is 214 g/mol. The molecule has 0 amide bonds. The lowest BCUT2D eigenvalue weighted by atomic mass is 9.84. The lowest BCUT2D eigenvalue weighted by Gasteiger charge is -2.22. The molecule has 1 rings (SSSR count). The molecule has 0 fully saturated rings. The van der Waals surface area contributed by atoms with E-state index in [1.165, 1.54) is 0 Å². The van der Waals surface area contributed by atoms with E-state index < -0.39 is 6.43 Å². The van der Waals surface area contributed by atoms with Crippen LogP contribution < -0.4 is 0 Å². The van der Waals surface area contributed by atoms with Gasteiger partial charge in [-0.25, -0.2) is 8.78 Å². The summed E-state index contributed by atoms with van der Waals surface area (Å²) in [6, 6.07) is 7.03. The fraction of sp³-hybridized carbons (Fsp3) is 0.500. The summed E-state index contributed by atoms with van der Waals surface area (Å²) >= 11 is 0. The van der Waals surface area contributed by atoms with E-state index in [-0.39, 0.29) is 18.4 Å². The van der Waals surface area contributed by atoms with Crippen LogP contribution in [0.25, 0.3) is 0 Å². The molecule has 0 unspecified atom stereocenters. The molecule has 1 aromatic rings. The van der Waals surface area contributed by atoms with Crippen LogP contribution in [0.15, 0.2) is 24.3 Å². The summed E-state index contributed by atoms with van der Waals surface area (Å²) in [7, 11) is 0. The Balaban J connectivity index is 2.92. The molecule has 84 valence electrons. The summed E-state index contributed by atoms with van der Waals surface area (Å²) in [4.78, 5) is 0. The first-order chi connectivity index (χ1) is 6.95. The van der Waals surface area contributed by atoms with Gasteiger partial charge in [-0.05, 0) is 11.1 Å². The van der Waals surface area contributed by atoms with Crippen molar-refractivity contribution in [1.29, 1.82) is 0 Å². The van der Waals surface area contributed by atoms with Gasteiger partial charge in [0.2, 0.25) is 6.43 Å². The van der Waals surface area contributed by atoms with Crippen LogP contribution in [0.3, 0.4) is 0 Å². The molecule has 0 saturated carbocycles. The maximum Gasteiger partial charge on any atom is 0.242 e. The summed E-state index contributed by atoms with van der Waals surface area (Å²) in [5, 5.41) is 9.17. The molecule has 0 spiro atoms. The Labute approximate surface area is 88.7 Å². The number of hydrogen-bond donors (Lipinski definition) is 1. The zero-order valence-corrected chi connectivity index (χ0v) is 9.00. The van der Waals surface area contributed by atoms with Gasteiger partial charge in [-0.2, -0.15) is 0 Å². The molecule has 0 aliphatic carbocycles. The lowest BCUT2D eigenvalue weighted by molar-refractivity contribution is 0.149. The molecule has 1 N–H and O–H groups in total. The molecule has 3 heteroatoms. The van der Waals surface area contributed by atoms with Crippen molar-refractivity contribution in [3.63, 3.8) is 0 Å². The number of rotatable bonds is 4. The van der Waals surface area contributed by atoms with Gasteiger partial charge < -0.3 is 5.11 Å². The second-order valence-electron chi connectivity index (χ2n) is 4.34. The highest BCUT2D eigenvalue weighted by atomic mass is 19.3. The SMILES string of the molecule is CC(C)(CO)c1cccc(CC(F)F)c1. The molecule has 15 heavy (non-hydrogen) atoms. The number of aliphatic hydroxyl groups is 1. The minimum atomic E-state index is -2.32. The number of alkyl halides is 2. The van der Waals surface area contributed by atoms with Gasteiger partial charge in [-0.3, -0.25) is 0 Å². The van der Waals surface area contributed by atoms with E-state index in [9.17, 15) is 13.9 Å². The van der Waals surface area contributed by atoms with Gasteiger partial charge in [-0.15, -0.1) is 0 Å². The largest absolute Gasteiger partial charge is 0.395 e. The first-order valence-electron chi connectivity index (χ1n) is 4.94. The molecular formula is C12H16F2O. The van der Waals surface area contributed by atoms with Gasteiger partial charge in [0.1, 0.15) is 0 Å². The lowest BCUT2D eigenvalue weighted by Crippen LogP contribution is -2.22. The molecule has 0 radical (unpaired) electrons. The summed E-state index contributed by atoms with van der Waals surface area (Å²) in [5.41, 5.74) is 1.13. The number of aliphatic hydroxyl groups excluding tert-OH is 1. The Morgan fingerprint density at radius 1 is 1.33 bits per heavy atom. The van der Waals surface area contributed by atoms with E-state index in [2.05, 4.69) is 0 Å². The third-order valence-corrected chi connectivity index (χ3v) is 2.49. The standard InChI is InChI=1S/C12H16F2O/c1-12(2,8-15)10-5-3-4-9(6-10)7-11(13)14/h3-6,11,15H,7-8H2,1-2H3. The zero-order valence-electron chi connectivity index (χ0n) is 9.00. The van der Waals surface area contributed by atoms with Gasteiger partial charge in [0.15, 0.2) is 0 Å². The fourth-order valence-electron chi connectivity index (χ4n) is 1.39. The van der Waals surface area contributed by atoms with E-state index in [0.717, 1.165) is 5.56 Å². The first kappa shape index (κ1) is 12.1. The second kappa shape index (κ2) is 4.71. The minimum absolute atomic E-state index is 0.00509. The molecule has 0 saturated heterocycles. The van der Waals surface area contributed by atoms with Crippen molar-refractivity contribution in [2.75, 3.05) is 6.61 Å². The third kappa shape index (κ3) is 3.27. The van der Waals surface area contributed by atoms with Gasteiger partial charge in [0, 0.05) is 11.8 Å². The second-order valence-corrected chi connectivity index (χ2v) is 4.34. The summed E-state index contributed by atoms with van der Waals surface area (Å²) in [6.07, 6.45) is -2.55. The van der Waals surface area contributed by atoms with Crippen LogP contribution in [-0.2, 0) is 11.8 Å². The molecule has 0 atom stereocenters. The molecular weight excluding hydrogens is 198 g/mol. The Morgan fingerprint density at radius 3 is 2.53 bits per heavy atom. The Kier molecular flexibility index (Phi) is 3.80. The molecule has 0 aliphatic heterocycles. The quantitative estimate of drug-likeness (QED) is 0.817. The van der Waals surface area contributed by atoms with Crippen molar-refractivity contribution in [1.82, 2.24) is 0 Å². The van der Waals surface area contributed by atoms with Crippen molar-refractivity contribution in [2.45, 2.75) is 32.1 Å². The summed E-state index contributed by atoms with van der Waals surface area (Å²) < 4.78 is 24.4. The van der Waals surface area contributed by atoms with Gasteiger partial charge >= 0.3 is 0 Å². The average molecular weight is 214 g/mol. The first-order valence-corrected chi connectivity index (χ1v) is 4.94. The van der Waals surface area contributed by atoms with Crippen LogP contribution >= 0.6 is 0 Å². The van der Waals surface area contributed by atoms with Gasteiger partial charge in [0.25, 0.3) is 0 Å². The topological polar surface area (TPSA) is 20.2 Å². The van der Waals surface area contributed by atoms with E-state index >= 15 is 0 Å². The summed E-state index contributed by atoms with van der Waals surface area (Å²) in [5.74, 6) is 0. The van der Waals surface area contributed by atoms with Crippen LogP contribution in [0.5, 0.6) is 0 Å². The van der Waals surface area contributed by atoms with Crippen LogP contribution in [0.2, 0.25) is 0 Å². The van der Waals surface area contributed by atoms with Crippen molar-refractivity contribution in [2.24, 2.45) is 0 Å². The van der Waals surface area contributed by atoms with Crippen LogP contribution in [0, 0.1) is 0 Å². The molecule has 1 nitrogen and oxygen atoms in total. The Hall–Kier alpha value is -0.960. The molecule has 0 aromatic heterocycles. The third-order valence-electron chi connectivity index (χ3n) is 2.49. The maximum absolute atomic E-state index is 12.2. The highest BCUT2D eigenvalue weighted by Gasteiger charge is 2.19. The number of halogens is 2. The van der Waals surface area contributed by atoms with E-state index in [1.54, 1.807) is 18.2 Å². The maximum atomic E-state index is 12.2. The molecule has 0 heterocycles. The van der Waals surface area contributed by atoms with Crippen molar-refractivity contribution in [3.8, 4) is 0 Å². The summed E-state index contributed by atoms with van der Waals surface area (Å²) in [6.45, 7) is 3.77. The van der Waals surface area contributed by atoms with E-state index in [4.69, 9.17) is 0 Å². The molecule has 0 aliphatic rings.